The number of allylic oxidation sites excluding steroid dienone is 7. The molecule has 0 saturated carbocycles. The molecule has 0 aromatic rings. The molecule has 0 aromatic heterocycles. The maximum absolute atomic E-state index is 13.4. The van der Waals surface area contributed by atoms with Crippen molar-refractivity contribution < 1.29 is 64.6 Å². The van der Waals surface area contributed by atoms with Gasteiger partial charge < -0.3 is 65.1 Å². The molecule has 564 valence electrons. The van der Waals surface area contributed by atoms with E-state index in [-0.39, 0.29) is 18.9 Å². The van der Waals surface area contributed by atoms with Gasteiger partial charge in [-0.3, -0.25) is 4.79 Å². The minimum Gasteiger partial charge on any atom is -0.394 e. The van der Waals surface area contributed by atoms with Gasteiger partial charge in [0.15, 0.2) is 12.6 Å². The zero-order valence-electron chi connectivity index (χ0n) is 61.9. The van der Waals surface area contributed by atoms with Gasteiger partial charge in [-0.25, -0.2) is 0 Å². The molecule has 0 aromatic carbocycles. The molecule has 0 aliphatic carbocycles. The highest BCUT2D eigenvalue weighted by Crippen LogP contribution is 2.30. The Kier molecular flexibility index (Phi) is 62.1. The lowest BCUT2D eigenvalue weighted by Gasteiger charge is -2.46. The van der Waals surface area contributed by atoms with E-state index in [1.165, 1.54) is 302 Å². The van der Waals surface area contributed by atoms with Gasteiger partial charge in [0.2, 0.25) is 5.91 Å². The second-order valence-corrected chi connectivity index (χ2v) is 28.9. The van der Waals surface area contributed by atoms with Crippen molar-refractivity contribution in [1.29, 1.82) is 0 Å². The fourth-order valence-electron chi connectivity index (χ4n) is 13.5. The van der Waals surface area contributed by atoms with Crippen molar-refractivity contribution in [3.05, 3.63) is 48.6 Å². The molecule has 2 aliphatic rings. The normalized spacial score (nSPS) is 22.4. The number of aliphatic hydroxyl groups excluding tert-OH is 8. The van der Waals surface area contributed by atoms with E-state index in [1.54, 1.807) is 6.08 Å². The molecule has 12 unspecified atom stereocenters. The number of aliphatic hydroxyl groups is 8. The zero-order valence-corrected chi connectivity index (χ0v) is 61.9. The third kappa shape index (κ3) is 48.7. The Labute approximate surface area is 588 Å². The molecular weight excluding hydrogens is 1210 g/mol. The number of carbonyl (C=O) groups excluding carboxylic acids is 1. The zero-order chi connectivity index (χ0) is 69.4. The van der Waals surface area contributed by atoms with Gasteiger partial charge in [-0.2, -0.15) is 0 Å². The van der Waals surface area contributed by atoms with Gasteiger partial charge in [-0.1, -0.05) is 351 Å². The Morgan fingerprint density at radius 1 is 0.375 bits per heavy atom. The predicted octanol–water partition coefficient (Wildman–Crippen LogP) is 18.6. The van der Waals surface area contributed by atoms with Gasteiger partial charge in [0, 0.05) is 6.42 Å². The lowest BCUT2D eigenvalue weighted by atomic mass is 9.97. The van der Waals surface area contributed by atoms with Gasteiger partial charge in [-0.15, -0.1) is 0 Å². The van der Waals surface area contributed by atoms with Crippen LogP contribution in [-0.2, 0) is 23.7 Å². The summed E-state index contributed by atoms with van der Waals surface area (Å²) in [6.45, 7) is 2.83. The quantitative estimate of drug-likeness (QED) is 0.0204. The molecule has 96 heavy (non-hydrogen) atoms. The molecule has 2 rings (SSSR count). The van der Waals surface area contributed by atoms with Gasteiger partial charge >= 0.3 is 0 Å². The van der Waals surface area contributed by atoms with Crippen LogP contribution in [0.15, 0.2) is 48.6 Å². The SMILES string of the molecule is CCCCCCC/C=C\C/C=C\CCCCCCCCCCCCCCCCCCCCCCCCCC(=O)NC(COC1OC(CO)C(OC2OC(CO)C(O)C(O)C2O)C(O)C1O)C(O)/C=C/CC/C=C/CCCCCCCCCCCCCCCCCCCCCCC. The number of ether oxygens (including phenoxy) is 4. The standard InChI is InChI=1S/C82H153NO13/c1-3-5-7-9-11-13-15-17-19-21-23-25-27-29-31-32-33-34-35-36-37-38-40-42-44-46-48-50-52-54-56-58-60-62-64-66-74(87)83-70(69-93-81-79(92)77(90)80(73(68-85)95-81)96-82-78(91)76(89)75(88)72(67-84)94-82)71(86)65-63-61-59-57-55-53-51-49-47-45-43-41-39-30-28-26-24-22-20-18-16-14-12-10-8-6-4-2/h15,17,21,23,55,57,63,65,70-73,75-82,84-86,88-92H,3-14,16,18-20,22,24-54,56,58-62,64,66-69H2,1-2H3,(H,83,87)/b17-15-,23-21-,57-55+,65-63+. The Morgan fingerprint density at radius 2 is 0.698 bits per heavy atom. The summed E-state index contributed by atoms with van der Waals surface area (Å²) < 4.78 is 22.9. The van der Waals surface area contributed by atoms with Crippen LogP contribution in [0.1, 0.15) is 373 Å². The molecule has 2 saturated heterocycles. The minimum atomic E-state index is -1.79. The predicted molar refractivity (Wildman–Crippen MR) is 397 cm³/mol. The van der Waals surface area contributed by atoms with Gasteiger partial charge in [0.1, 0.15) is 48.8 Å². The van der Waals surface area contributed by atoms with E-state index in [2.05, 4.69) is 55.6 Å². The lowest BCUT2D eigenvalue weighted by molar-refractivity contribution is -0.359. The monoisotopic (exact) mass is 1360 g/mol. The number of unbranched alkanes of at least 4 members (excludes halogenated alkanes) is 50. The lowest BCUT2D eigenvalue weighted by Crippen LogP contribution is -2.65. The van der Waals surface area contributed by atoms with Crippen LogP contribution in [-0.4, -0.2) is 140 Å². The van der Waals surface area contributed by atoms with Crippen LogP contribution in [0.3, 0.4) is 0 Å². The molecule has 0 bridgehead atoms. The van der Waals surface area contributed by atoms with E-state index in [0.717, 1.165) is 38.5 Å². The smallest absolute Gasteiger partial charge is 0.220 e. The summed E-state index contributed by atoms with van der Waals surface area (Å²) in [7, 11) is 0. The number of amides is 1. The highest BCUT2D eigenvalue weighted by Gasteiger charge is 2.51. The van der Waals surface area contributed by atoms with Crippen LogP contribution in [0.4, 0.5) is 0 Å². The largest absolute Gasteiger partial charge is 0.394 e. The van der Waals surface area contributed by atoms with Crippen molar-refractivity contribution in [1.82, 2.24) is 5.32 Å². The number of hydrogen-bond donors (Lipinski definition) is 9. The van der Waals surface area contributed by atoms with Crippen molar-refractivity contribution in [2.45, 2.75) is 447 Å². The molecular formula is C82H153NO13. The Bertz CT molecular complexity index is 1800. The van der Waals surface area contributed by atoms with Crippen LogP contribution < -0.4 is 5.32 Å². The third-order valence-electron chi connectivity index (χ3n) is 20.0. The average molecular weight is 1360 g/mol. The fourth-order valence-corrected chi connectivity index (χ4v) is 13.5. The van der Waals surface area contributed by atoms with E-state index in [9.17, 15) is 45.6 Å². The van der Waals surface area contributed by atoms with Crippen molar-refractivity contribution in [3.8, 4) is 0 Å². The van der Waals surface area contributed by atoms with Crippen molar-refractivity contribution >= 4 is 5.91 Å². The average Bonchev–Trinajstić information content (AvgIpc) is 0.797. The van der Waals surface area contributed by atoms with E-state index < -0.39 is 86.8 Å². The Balaban J connectivity index is 1.61. The molecule has 14 heteroatoms. The van der Waals surface area contributed by atoms with Crippen LogP contribution in [0, 0.1) is 0 Å². The molecule has 1 amide bonds. The van der Waals surface area contributed by atoms with E-state index >= 15 is 0 Å². The van der Waals surface area contributed by atoms with Crippen LogP contribution in [0.2, 0.25) is 0 Å². The van der Waals surface area contributed by atoms with Gasteiger partial charge in [0.25, 0.3) is 0 Å². The summed E-state index contributed by atoms with van der Waals surface area (Å²) in [5, 5.41) is 87.7. The number of hydrogen-bond acceptors (Lipinski definition) is 13. The number of nitrogens with one attached hydrogen (secondary N) is 1. The van der Waals surface area contributed by atoms with E-state index in [1.807, 2.05) is 6.08 Å². The molecule has 2 aliphatic heterocycles. The highest BCUT2D eigenvalue weighted by molar-refractivity contribution is 5.76. The summed E-state index contributed by atoms with van der Waals surface area (Å²) in [6, 6.07) is -0.933. The maximum Gasteiger partial charge on any atom is 0.220 e. The summed E-state index contributed by atoms with van der Waals surface area (Å²) >= 11 is 0. The van der Waals surface area contributed by atoms with Gasteiger partial charge in [-0.05, 0) is 64.2 Å². The van der Waals surface area contributed by atoms with Crippen LogP contribution in [0.5, 0.6) is 0 Å². The molecule has 14 nitrogen and oxygen atoms in total. The van der Waals surface area contributed by atoms with E-state index in [4.69, 9.17) is 18.9 Å². The van der Waals surface area contributed by atoms with Crippen molar-refractivity contribution in [2.24, 2.45) is 0 Å². The second-order valence-electron chi connectivity index (χ2n) is 28.9. The molecule has 2 heterocycles. The highest BCUT2D eigenvalue weighted by atomic mass is 16.7. The second kappa shape index (κ2) is 66.2. The van der Waals surface area contributed by atoms with Gasteiger partial charge in [0.05, 0.1) is 32.0 Å². The number of rotatable bonds is 69. The first-order chi connectivity index (χ1) is 47.1. The van der Waals surface area contributed by atoms with Crippen molar-refractivity contribution in [3.63, 3.8) is 0 Å². The van der Waals surface area contributed by atoms with Crippen LogP contribution in [0.25, 0.3) is 0 Å². The molecule has 0 radical (unpaired) electrons. The maximum atomic E-state index is 13.4. The Hall–Kier alpha value is -2.05. The fraction of sp³-hybridized carbons (Fsp3) is 0.890. The minimum absolute atomic E-state index is 0.242. The molecule has 0 spiro atoms. The first kappa shape index (κ1) is 90.0. The topological polar surface area (TPSA) is 228 Å². The van der Waals surface area contributed by atoms with Crippen molar-refractivity contribution in [2.75, 3.05) is 19.8 Å². The number of carbonyl (C=O) groups is 1. The van der Waals surface area contributed by atoms with Crippen LogP contribution >= 0.6 is 0 Å². The first-order valence-electron chi connectivity index (χ1n) is 40.9. The third-order valence-corrected chi connectivity index (χ3v) is 20.0. The first-order valence-corrected chi connectivity index (χ1v) is 40.9. The summed E-state index contributed by atoms with van der Waals surface area (Å²) in [5.41, 5.74) is 0. The van der Waals surface area contributed by atoms with E-state index in [0.29, 0.717) is 12.8 Å². The summed E-state index contributed by atoms with van der Waals surface area (Å²) in [4.78, 5) is 13.4. The summed E-state index contributed by atoms with van der Waals surface area (Å²) in [5.74, 6) is -0.242. The molecule has 9 N–H and O–H groups in total. The molecule has 2 fully saturated rings. The summed E-state index contributed by atoms with van der Waals surface area (Å²) in [6.07, 6.45) is 72.1. The molecule has 12 atom stereocenters. The Morgan fingerprint density at radius 3 is 1.08 bits per heavy atom.